The Morgan fingerprint density at radius 2 is 2.31 bits per heavy atom. The van der Waals surface area contributed by atoms with Crippen LogP contribution in [0.25, 0.3) is 0 Å². The monoisotopic (exact) mass is 182 g/mol. The van der Waals surface area contributed by atoms with Crippen molar-refractivity contribution in [1.29, 1.82) is 0 Å². The summed E-state index contributed by atoms with van der Waals surface area (Å²) in [6.07, 6.45) is 5.55. The minimum Gasteiger partial charge on any atom is -0.310 e. The van der Waals surface area contributed by atoms with Crippen LogP contribution in [0, 0.1) is 5.92 Å². The first-order valence-electron chi connectivity index (χ1n) is 5.74. The molecule has 0 aromatic carbocycles. The maximum atomic E-state index is 3.78. The number of rotatable bonds is 3. The molecule has 2 aliphatic rings. The maximum Gasteiger partial charge on any atom is 0.0198 e. The van der Waals surface area contributed by atoms with E-state index in [1.807, 2.05) is 0 Å². The smallest absolute Gasteiger partial charge is 0.0198 e. The molecule has 1 N–H and O–H groups in total. The standard InChI is InChI=1S/C11H22N2/c1-3-9-7-11(9)12-10-5-4-6-13(2)8-10/h9-12H,3-8H2,1-2H3. The molecule has 1 aliphatic heterocycles. The second kappa shape index (κ2) is 3.97. The third-order valence-electron chi connectivity index (χ3n) is 3.52. The highest BCUT2D eigenvalue weighted by molar-refractivity contribution is 4.95. The molecule has 0 bridgehead atoms. The molecule has 3 atom stereocenters. The molecule has 0 radical (unpaired) electrons. The van der Waals surface area contributed by atoms with Crippen molar-refractivity contribution in [3.63, 3.8) is 0 Å². The maximum absolute atomic E-state index is 3.78. The van der Waals surface area contributed by atoms with Crippen LogP contribution in [0.5, 0.6) is 0 Å². The number of hydrogen-bond acceptors (Lipinski definition) is 2. The molecule has 2 rings (SSSR count). The summed E-state index contributed by atoms with van der Waals surface area (Å²) in [6.45, 7) is 4.85. The predicted octanol–water partition coefficient (Wildman–Crippen LogP) is 1.47. The Morgan fingerprint density at radius 1 is 1.46 bits per heavy atom. The highest BCUT2D eigenvalue weighted by Gasteiger charge is 2.36. The third-order valence-corrected chi connectivity index (χ3v) is 3.52. The van der Waals surface area contributed by atoms with Gasteiger partial charge in [0.2, 0.25) is 0 Å². The van der Waals surface area contributed by atoms with Crippen LogP contribution in [0.3, 0.4) is 0 Å². The predicted molar refractivity (Wildman–Crippen MR) is 55.8 cm³/mol. The van der Waals surface area contributed by atoms with E-state index in [1.54, 1.807) is 0 Å². The van der Waals surface area contributed by atoms with Crippen LogP contribution < -0.4 is 5.32 Å². The highest BCUT2D eigenvalue weighted by Crippen LogP contribution is 2.34. The van der Waals surface area contributed by atoms with Gasteiger partial charge in [-0.1, -0.05) is 13.3 Å². The van der Waals surface area contributed by atoms with Crippen molar-refractivity contribution in [3.8, 4) is 0 Å². The average molecular weight is 182 g/mol. The van der Waals surface area contributed by atoms with Crippen molar-refractivity contribution in [3.05, 3.63) is 0 Å². The van der Waals surface area contributed by atoms with Crippen LogP contribution in [-0.2, 0) is 0 Å². The zero-order chi connectivity index (χ0) is 9.26. The summed E-state index contributed by atoms with van der Waals surface area (Å²) in [5, 5.41) is 3.78. The quantitative estimate of drug-likeness (QED) is 0.711. The second-order valence-electron chi connectivity index (χ2n) is 4.78. The van der Waals surface area contributed by atoms with Gasteiger partial charge in [-0.15, -0.1) is 0 Å². The van der Waals surface area contributed by atoms with E-state index in [0.29, 0.717) is 0 Å². The van der Waals surface area contributed by atoms with Gasteiger partial charge in [0.1, 0.15) is 0 Å². The molecule has 13 heavy (non-hydrogen) atoms. The molecule has 1 saturated heterocycles. The zero-order valence-corrected chi connectivity index (χ0v) is 8.92. The van der Waals surface area contributed by atoms with Gasteiger partial charge in [0.25, 0.3) is 0 Å². The van der Waals surface area contributed by atoms with E-state index in [1.165, 1.54) is 38.8 Å². The van der Waals surface area contributed by atoms with Crippen LogP contribution in [0.4, 0.5) is 0 Å². The topological polar surface area (TPSA) is 15.3 Å². The third kappa shape index (κ3) is 2.44. The molecule has 0 amide bonds. The number of nitrogens with zero attached hydrogens (tertiary/aromatic N) is 1. The van der Waals surface area contributed by atoms with Crippen LogP contribution >= 0.6 is 0 Å². The Kier molecular flexibility index (Phi) is 2.89. The molecular weight excluding hydrogens is 160 g/mol. The molecule has 0 aromatic rings. The lowest BCUT2D eigenvalue weighted by Gasteiger charge is -2.30. The van der Waals surface area contributed by atoms with Gasteiger partial charge >= 0.3 is 0 Å². The molecule has 2 fully saturated rings. The van der Waals surface area contributed by atoms with Crippen molar-refractivity contribution in [2.24, 2.45) is 5.92 Å². The first kappa shape index (κ1) is 9.47. The van der Waals surface area contributed by atoms with Gasteiger partial charge in [0.15, 0.2) is 0 Å². The lowest BCUT2D eigenvalue weighted by atomic mass is 10.1. The highest BCUT2D eigenvalue weighted by atomic mass is 15.1. The van der Waals surface area contributed by atoms with Crippen LogP contribution in [-0.4, -0.2) is 37.1 Å². The summed E-state index contributed by atoms with van der Waals surface area (Å²) < 4.78 is 0. The molecule has 1 aliphatic carbocycles. The minimum absolute atomic E-state index is 0.778. The first-order valence-corrected chi connectivity index (χ1v) is 5.74. The van der Waals surface area contributed by atoms with E-state index in [4.69, 9.17) is 0 Å². The van der Waals surface area contributed by atoms with E-state index < -0.39 is 0 Å². The average Bonchev–Trinajstić information content (AvgIpc) is 2.83. The van der Waals surface area contributed by atoms with Crippen molar-refractivity contribution in [1.82, 2.24) is 10.2 Å². The van der Waals surface area contributed by atoms with Crippen LogP contribution in [0.15, 0.2) is 0 Å². The number of nitrogens with one attached hydrogen (secondary N) is 1. The number of piperidine rings is 1. The van der Waals surface area contributed by atoms with Crippen molar-refractivity contribution >= 4 is 0 Å². The van der Waals surface area contributed by atoms with Gasteiger partial charge in [0.05, 0.1) is 0 Å². The van der Waals surface area contributed by atoms with Gasteiger partial charge in [-0.25, -0.2) is 0 Å². The Morgan fingerprint density at radius 3 is 2.92 bits per heavy atom. The Hall–Kier alpha value is -0.0800. The first-order chi connectivity index (χ1) is 6.29. The molecule has 2 heteroatoms. The molecule has 76 valence electrons. The fourth-order valence-electron chi connectivity index (χ4n) is 2.51. The number of likely N-dealkylation sites (N-methyl/N-ethyl adjacent to an activating group) is 1. The molecule has 1 saturated carbocycles. The summed E-state index contributed by atoms with van der Waals surface area (Å²) in [5.74, 6) is 0.993. The van der Waals surface area contributed by atoms with E-state index in [9.17, 15) is 0 Å². The largest absolute Gasteiger partial charge is 0.310 e. The summed E-state index contributed by atoms with van der Waals surface area (Å²) in [4.78, 5) is 2.45. The van der Waals surface area contributed by atoms with E-state index in [-0.39, 0.29) is 0 Å². The minimum atomic E-state index is 0.778. The Labute approximate surface area is 81.7 Å². The Bertz CT molecular complexity index is 169. The summed E-state index contributed by atoms with van der Waals surface area (Å²) in [5.41, 5.74) is 0. The number of hydrogen-bond donors (Lipinski definition) is 1. The van der Waals surface area contributed by atoms with Gasteiger partial charge < -0.3 is 10.2 Å². The van der Waals surface area contributed by atoms with E-state index in [0.717, 1.165) is 18.0 Å². The summed E-state index contributed by atoms with van der Waals surface area (Å²) in [6, 6.07) is 1.64. The fraction of sp³-hybridized carbons (Fsp3) is 1.00. The lowest BCUT2D eigenvalue weighted by molar-refractivity contribution is 0.224. The van der Waals surface area contributed by atoms with Crippen molar-refractivity contribution < 1.29 is 0 Å². The Balaban J connectivity index is 1.70. The van der Waals surface area contributed by atoms with Gasteiger partial charge in [0, 0.05) is 18.6 Å². The zero-order valence-electron chi connectivity index (χ0n) is 8.92. The fourth-order valence-corrected chi connectivity index (χ4v) is 2.51. The number of likely N-dealkylation sites (tertiary alicyclic amines) is 1. The van der Waals surface area contributed by atoms with Gasteiger partial charge in [-0.05, 0) is 38.8 Å². The van der Waals surface area contributed by atoms with Gasteiger partial charge in [-0.3, -0.25) is 0 Å². The summed E-state index contributed by atoms with van der Waals surface area (Å²) in [7, 11) is 2.23. The lowest BCUT2D eigenvalue weighted by Crippen LogP contribution is -2.45. The van der Waals surface area contributed by atoms with E-state index in [2.05, 4.69) is 24.2 Å². The molecule has 2 nitrogen and oxygen atoms in total. The molecule has 0 aromatic heterocycles. The summed E-state index contributed by atoms with van der Waals surface area (Å²) >= 11 is 0. The van der Waals surface area contributed by atoms with Crippen LogP contribution in [0.1, 0.15) is 32.6 Å². The van der Waals surface area contributed by atoms with Crippen molar-refractivity contribution in [2.75, 3.05) is 20.1 Å². The molecule has 0 spiro atoms. The SMILES string of the molecule is CCC1CC1NC1CCCN(C)C1. The second-order valence-corrected chi connectivity index (χ2v) is 4.78. The van der Waals surface area contributed by atoms with Gasteiger partial charge in [-0.2, -0.15) is 0 Å². The normalized spacial score (nSPS) is 40.6. The van der Waals surface area contributed by atoms with Crippen molar-refractivity contribution in [2.45, 2.75) is 44.7 Å². The van der Waals surface area contributed by atoms with E-state index >= 15 is 0 Å². The molecular formula is C11H22N2. The molecule has 3 unspecified atom stereocenters. The van der Waals surface area contributed by atoms with Crippen LogP contribution in [0.2, 0.25) is 0 Å². The molecule has 1 heterocycles.